The number of carbonyl (C=O) groups excluding carboxylic acids is 1. The predicted octanol–water partition coefficient (Wildman–Crippen LogP) is 2.77. The Bertz CT molecular complexity index is 1190. The number of pyridine rings is 1. The van der Waals surface area contributed by atoms with Crippen molar-refractivity contribution < 1.29 is 9.53 Å². The van der Waals surface area contributed by atoms with Gasteiger partial charge >= 0.3 is 5.97 Å². The molecule has 2 atom stereocenters. The van der Waals surface area contributed by atoms with Crippen molar-refractivity contribution in [1.82, 2.24) is 24.9 Å². The zero-order valence-electron chi connectivity index (χ0n) is 15.4. The molecule has 0 bridgehead atoms. The van der Waals surface area contributed by atoms with Crippen molar-refractivity contribution >= 4 is 22.3 Å². The number of hydrogen-bond acceptors (Lipinski definition) is 6. The molecule has 1 saturated heterocycles. The first-order chi connectivity index (χ1) is 13.7. The Morgan fingerprint density at radius 2 is 2.18 bits per heavy atom. The van der Waals surface area contributed by atoms with Gasteiger partial charge in [0, 0.05) is 29.9 Å². The van der Waals surface area contributed by atoms with E-state index >= 15 is 0 Å². The lowest BCUT2D eigenvalue weighted by atomic mass is 9.89. The smallest absolute Gasteiger partial charge is 0.312 e. The van der Waals surface area contributed by atoms with Gasteiger partial charge in [0.25, 0.3) is 0 Å². The summed E-state index contributed by atoms with van der Waals surface area (Å²) < 4.78 is 6.96. The fraction of sp³-hybridized carbons (Fsp3) is 0.238. The van der Waals surface area contributed by atoms with E-state index in [4.69, 9.17) is 4.74 Å². The monoisotopic (exact) mass is 373 g/mol. The van der Waals surface area contributed by atoms with E-state index in [9.17, 15) is 4.79 Å². The van der Waals surface area contributed by atoms with Crippen LogP contribution in [0.25, 0.3) is 27.4 Å². The third-order valence-corrected chi connectivity index (χ3v) is 5.24. The maximum absolute atomic E-state index is 12.1. The molecule has 2 unspecified atom stereocenters. The van der Waals surface area contributed by atoms with Crippen molar-refractivity contribution in [3.8, 4) is 11.1 Å². The first-order valence-electron chi connectivity index (χ1n) is 9.32. The van der Waals surface area contributed by atoms with Crippen molar-refractivity contribution in [1.29, 1.82) is 0 Å². The van der Waals surface area contributed by atoms with Gasteiger partial charge in [-0.3, -0.25) is 14.8 Å². The SMILES string of the molecule is CCOC(=O)C1CNC1c1cn2ncc(-c3ccc4cnccc4c3)c2cn1. The standard InChI is InChI=1S/C21H19N5O2/c1-2-28-21(27)17-9-24-20(17)18-12-26-19(11-23-18)16(10-25-26)14-3-4-15-8-22-6-5-13(15)7-14/h3-8,10-12,17,20,24H,2,9H2,1H3. The van der Waals surface area contributed by atoms with Crippen LogP contribution in [0.1, 0.15) is 18.7 Å². The van der Waals surface area contributed by atoms with Gasteiger partial charge in [-0.25, -0.2) is 4.52 Å². The Morgan fingerprint density at radius 3 is 3.00 bits per heavy atom. The summed E-state index contributed by atoms with van der Waals surface area (Å²) in [5, 5.41) is 10.0. The number of nitrogens with zero attached hydrogens (tertiary/aromatic N) is 4. The molecule has 0 amide bonds. The Hall–Kier alpha value is -3.32. The van der Waals surface area contributed by atoms with E-state index < -0.39 is 0 Å². The van der Waals surface area contributed by atoms with Crippen molar-refractivity contribution in [2.24, 2.45) is 5.92 Å². The molecule has 1 aliphatic heterocycles. The molecule has 1 aliphatic rings. The first kappa shape index (κ1) is 16.8. The molecule has 0 aliphatic carbocycles. The van der Waals surface area contributed by atoms with Crippen LogP contribution >= 0.6 is 0 Å². The number of hydrogen-bond donors (Lipinski definition) is 1. The Balaban J connectivity index is 1.49. The van der Waals surface area contributed by atoms with Gasteiger partial charge in [0.05, 0.1) is 48.4 Å². The molecule has 28 heavy (non-hydrogen) atoms. The predicted molar refractivity (Wildman–Crippen MR) is 105 cm³/mol. The summed E-state index contributed by atoms with van der Waals surface area (Å²) in [4.78, 5) is 20.8. The van der Waals surface area contributed by atoms with E-state index in [1.807, 2.05) is 42.3 Å². The number of nitrogens with one attached hydrogen (secondary N) is 1. The lowest BCUT2D eigenvalue weighted by molar-refractivity contribution is -0.152. The molecule has 0 saturated carbocycles. The number of rotatable bonds is 4. The molecule has 5 rings (SSSR count). The van der Waals surface area contributed by atoms with E-state index in [2.05, 4.69) is 38.6 Å². The molecule has 0 radical (unpaired) electrons. The third-order valence-electron chi connectivity index (χ3n) is 5.24. The van der Waals surface area contributed by atoms with Crippen LogP contribution in [0.4, 0.5) is 0 Å². The molecule has 3 aromatic heterocycles. The topological polar surface area (TPSA) is 81.4 Å². The van der Waals surface area contributed by atoms with Crippen LogP contribution in [-0.4, -0.2) is 38.7 Å². The average molecular weight is 373 g/mol. The molecule has 7 heteroatoms. The molecule has 1 N–H and O–H groups in total. The van der Waals surface area contributed by atoms with Crippen LogP contribution in [-0.2, 0) is 9.53 Å². The quantitative estimate of drug-likeness (QED) is 0.554. The average Bonchev–Trinajstić information content (AvgIpc) is 3.10. The molecule has 140 valence electrons. The maximum Gasteiger partial charge on any atom is 0.312 e. The van der Waals surface area contributed by atoms with E-state index in [-0.39, 0.29) is 17.9 Å². The molecule has 4 aromatic rings. The first-order valence-corrected chi connectivity index (χ1v) is 9.32. The molecule has 7 nitrogen and oxygen atoms in total. The zero-order valence-corrected chi connectivity index (χ0v) is 15.4. The second kappa shape index (κ2) is 6.69. The van der Waals surface area contributed by atoms with Gasteiger partial charge in [-0.1, -0.05) is 12.1 Å². The molecule has 4 heterocycles. The minimum Gasteiger partial charge on any atom is -0.466 e. The van der Waals surface area contributed by atoms with E-state index in [0.717, 1.165) is 33.1 Å². The number of esters is 1. The summed E-state index contributed by atoms with van der Waals surface area (Å²) in [6, 6.07) is 8.12. The molecule has 1 fully saturated rings. The highest BCUT2D eigenvalue weighted by Gasteiger charge is 2.39. The van der Waals surface area contributed by atoms with Gasteiger partial charge in [-0.2, -0.15) is 5.10 Å². The minimum atomic E-state index is -0.200. The summed E-state index contributed by atoms with van der Waals surface area (Å²) >= 11 is 0. The van der Waals surface area contributed by atoms with E-state index in [0.29, 0.717) is 13.2 Å². The lowest BCUT2D eigenvalue weighted by Crippen LogP contribution is -2.50. The highest BCUT2D eigenvalue weighted by atomic mass is 16.5. The highest BCUT2D eigenvalue weighted by molar-refractivity contribution is 5.89. The lowest BCUT2D eigenvalue weighted by Gasteiger charge is -2.35. The Kier molecular flexibility index (Phi) is 4.02. The van der Waals surface area contributed by atoms with Gasteiger partial charge in [-0.15, -0.1) is 0 Å². The van der Waals surface area contributed by atoms with Gasteiger partial charge in [0.2, 0.25) is 0 Å². The van der Waals surface area contributed by atoms with Crippen LogP contribution in [0, 0.1) is 5.92 Å². The second-order valence-corrected chi connectivity index (χ2v) is 6.88. The summed E-state index contributed by atoms with van der Waals surface area (Å²) in [5.41, 5.74) is 3.80. The normalized spacial score (nSPS) is 18.9. The number of carbonyl (C=O) groups is 1. The van der Waals surface area contributed by atoms with Crippen LogP contribution in [0.15, 0.2) is 55.2 Å². The minimum absolute atomic E-state index is 0.135. The van der Waals surface area contributed by atoms with Crippen molar-refractivity contribution in [2.45, 2.75) is 13.0 Å². The summed E-state index contributed by atoms with van der Waals surface area (Å²) in [7, 11) is 0. The number of benzene rings is 1. The van der Waals surface area contributed by atoms with Gasteiger partial charge in [-0.05, 0) is 30.0 Å². The van der Waals surface area contributed by atoms with Crippen molar-refractivity contribution in [3.05, 3.63) is 60.9 Å². The summed E-state index contributed by atoms with van der Waals surface area (Å²) in [6.45, 7) is 2.82. The van der Waals surface area contributed by atoms with Crippen LogP contribution < -0.4 is 5.32 Å². The fourth-order valence-corrected chi connectivity index (χ4v) is 3.66. The number of fused-ring (bicyclic) bond motifs is 2. The van der Waals surface area contributed by atoms with E-state index in [1.165, 1.54) is 0 Å². The largest absolute Gasteiger partial charge is 0.466 e. The van der Waals surface area contributed by atoms with Crippen LogP contribution in [0.3, 0.4) is 0 Å². The molecule has 1 aromatic carbocycles. The third kappa shape index (κ3) is 2.71. The highest BCUT2D eigenvalue weighted by Crippen LogP contribution is 2.31. The Labute approximate surface area is 161 Å². The van der Waals surface area contributed by atoms with Crippen molar-refractivity contribution in [2.75, 3.05) is 13.2 Å². The van der Waals surface area contributed by atoms with Crippen molar-refractivity contribution in [3.63, 3.8) is 0 Å². The molecule has 0 spiro atoms. The van der Waals surface area contributed by atoms with Crippen LogP contribution in [0.2, 0.25) is 0 Å². The summed E-state index contributed by atoms with van der Waals surface area (Å²) in [5.74, 6) is -0.381. The molecular weight excluding hydrogens is 354 g/mol. The van der Waals surface area contributed by atoms with Crippen LogP contribution in [0.5, 0.6) is 0 Å². The van der Waals surface area contributed by atoms with Gasteiger partial charge in [0.1, 0.15) is 0 Å². The zero-order chi connectivity index (χ0) is 19.1. The maximum atomic E-state index is 12.1. The molecular formula is C21H19N5O2. The van der Waals surface area contributed by atoms with E-state index in [1.54, 1.807) is 6.20 Å². The van der Waals surface area contributed by atoms with Gasteiger partial charge < -0.3 is 10.1 Å². The Morgan fingerprint density at radius 1 is 1.25 bits per heavy atom. The fourth-order valence-electron chi connectivity index (χ4n) is 3.66. The van der Waals surface area contributed by atoms with Gasteiger partial charge in [0.15, 0.2) is 0 Å². The second-order valence-electron chi connectivity index (χ2n) is 6.88. The number of aromatic nitrogens is 4. The number of ether oxygens (including phenoxy) is 1. The summed E-state index contributed by atoms with van der Waals surface area (Å²) in [6.07, 6.45) is 9.19.